The molecule has 0 aromatic heterocycles. The van der Waals surface area contributed by atoms with Gasteiger partial charge in [-0.2, -0.15) is 11.8 Å². The molecule has 4 N–H and O–H groups in total. The Morgan fingerprint density at radius 1 is 1.39 bits per heavy atom. The van der Waals surface area contributed by atoms with E-state index in [1.165, 1.54) is 12.8 Å². The second kappa shape index (κ2) is 6.26. The Labute approximate surface area is 113 Å². The molecule has 0 bridgehead atoms. The number of amides is 1. The number of primary amides is 1. The number of aliphatic hydroxyl groups excluding tert-OH is 1. The number of thioether (sulfide) groups is 1. The summed E-state index contributed by atoms with van der Waals surface area (Å²) in [7, 11) is 0. The van der Waals surface area contributed by atoms with E-state index in [1.54, 1.807) is 11.8 Å². The molecule has 0 heterocycles. The standard InChI is InChI=1S/C13H24N2O2S/c14-12(17)13(15-11-3-4-11)6-1-2-10(13)5-8-18-9-7-16/h10-11,15-16H,1-9H2,(H2,14,17). The predicted octanol–water partition coefficient (Wildman–Crippen LogP) is 0.878. The second-order valence-corrected chi connectivity index (χ2v) is 6.69. The fourth-order valence-electron chi connectivity index (χ4n) is 3.04. The Hall–Kier alpha value is -0.260. The van der Waals surface area contributed by atoms with Crippen LogP contribution in [0, 0.1) is 5.92 Å². The molecule has 4 nitrogen and oxygen atoms in total. The van der Waals surface area contributed by atoms with Gasteiger partial charge >= 0.3 is 0 Å². The molecule has 2 saturated carbocycles. The average molecular weight is 272 g/mol. The van der Waals surface area contributed by atoms with Gasteiger partial charge in [-0.3, -0.25) is 4.79 Å². The largest absolute Gasteiger partial charge is 0.396 e. The Balaban J connectivity index is 1.91. The van der Waals surface area contributed by atoms with Crippen molar-refractivity contribution in [2.75, 3.05) is 18.1 Å². The first kappa shape index (κ1) is 14.2. The molecule has 2 rings (SSSR count). The molecule has 1 amide bonds. The van der Waals surface area contributed by atoms with Gasteiger partial charge in [-0.15, -0.1) is 0 Å². The summed E-state index contributed by atoms with van der Waals surface area (Å²) in [5.41, 5.74) is 5.24. The van der Waals surface area contributed by atoms with Gasteiger partial charge in [-0.1, -0.05) is 6.42 Å². The van der Waals surface area contributed by atoms with Crippen LogP contribution in [-0.2, 0) is 4.79 Å². The molecule has 0 aliphatic heterocycles. The third kappa shape index (κ3) is 3.19. The SMILES string of the molecule is NC(=O)C1(NC2CC2)CCCC1CCSCCO. The third-order valence-electron chi connectivity index (χ3n) is 4.15. The van der Waals surface area contributed by atoms with Crippen molar-refractivity contribution in [1.29, 1.82) is 0 Å². The van der Waals surface area contributed by atoms with E-state index in [2.05, 4.69) is 5.32 Å². The molecule has 0 saturated heterocycles. The van der Waals surface area contributed by atoms with Crippen molar-refractivity contribution in [2.24, 2.45) is 11.7 Å². The average Bonchev–Trinajstić information content (AvgIpc) is 3.05. The van der Waals surface area contributed by atoms with Crippen molar-refractivity contribution in [3.05, 3.63) is 0 Å². The first-order chi connectivity index (χ1) is 8.69. The van der Waals surface area contributed by atoms with Gasteiger partial charge in [-0.25, -0.2) is 0 Å². The maximum Gasteiger partial charge on any atom is 0.238 e. The Bertz CT molecular complexity index is 297. The van der Waals surface area contributed by atoms with E-state index >= 15 is 0 Å². The zero-order valence-corrected chi connectivity index (χ0v) is 11.7. The zero-order valence-electron chi connectivity index (χ0n) is 10.9. The van der Waals surface area contributed by atoms with Gasteiger partial charge in [-0.05, 0) is 43.8 Å². The van der Waals surface area contributed by atoms with Gasteiger partial charge in [0.2, 0.25) is 5.91 Å². The summed E-state index contributed by atoms with van der Waals surface area (Å²) in [6, 6.07) is 0.517. The molecule has 5 heteroatoms. The van der Waals surface area contributed by atoms with Crippen LogP contribution in [0.25, 0.3) is 0 Å². The maximum atomic E-state index is 11.9. The number of nitrogens with one attached hydrogen (secondary N) is 1. The zero-order chi connectivity index (χ0) is 13.0. The van der Waals surface area contributed by atoms with E-state index in [-0.39, 0.29) is 12.5 Å². The number of hydrogen-bond acceptors (Lipinski definition) is 4. The molecule has 0 spiro atoms. The molecule has 2 fully saturated rings. The van der Waals surface area contributed by atoms with Crippen molar-refractivity contribution in [3.63, 3.8) is 0 Å². The number of rotatable bonds is 8. The molecule has 2 atom stereocenters. The predicted molar refractivity (Wildman–Crippen MR) is 74.5 cm³/mol. The fourth-order valence-corrected chi connectivity index (χ4v) is 3.82. The molecule has 2 aliphatic carbocycles. The Morgan fingerprint density at radius 2 is 2.17 bits per heavy atom. The lowest BCUT2D eigenvalue weighted by Gasteiger charge is -2.34. The minimum atomic E-state index is -0.444. The third-order valence-corrected chi connectivity index (χ3v) is 5.14. The van der Waals surface area contributed by atoms with Crippen LogP contribution in [0.1, 0.15) is 38.5 Å². The monoisotopic (exact) mass is 272 g/mol. The summed E-state index contributed by atoms with van der Waals surface area (Å²) in [5.74, 6) is 2.00. The fraction of sp³-hybridized carbons (Fsp3) is 0.923. The molecule has 18 heavy (non-hydrogen) atoms. The quantitative estimate of drug-likeness (QED) is 0.573. The lowest BCUT2D eigenvalue weighted by Crippen LogP contribution is -2.58. The van der Waals surface area contributed by atoms with E-state index < -0.39 is 5.54 Å². The summed E-state index contributed by atoms with van der Waals surface area (Å²) >= 11 is 1.76. The molecule has 104 valence electrons. The van der Waals surface area contributed by atoms with E-state index in [1.807, 2.05) is 0 Å². The van der Waals surface area contributed by atoms with Gasteiger partial charge in [0.15, 0.2) is 0 Å². The van der Waals surface area contributed by atoms with Crippen LogP contribution in [0.3, 0.4) is 0 Å². The van der Waals surface area contributed by atoms with Gasteiger partial charge in [0.05, 0.1) is 6.61 Å². The topological polar surface area (TPSA) is 75.4 Å². The van der Waals surface area contributed by atoms with Crippen LogP contribution < -0.4 is 11.1 Å². The first-order valence-corrected chi connectivity index (χ1v) is 8.10. The van der Waals surface area contributed by atoms with Gasteiger partial charge in [0.25, 0.3) is 0 Å². The van der Waals surface area contributed by atoms with E-state index in [4.69, 9.17) is 10.8 Å². The van der Waals surface area contributed by atoms with Crippen LogP contribution in [-0.4, -0.2) is 40.7 Å². The Kier molecular flexibility index (Phi) is 4.92. The second-order valence-electron chi connectivity index (χ2n) is 5.47. The highest BCUT2D eigenvalue weighted by Gasteiger charge is 2.49. The number of nitrogens with two attached hydrogens (primary N) is 1. The van der Waals surface area contributed by atoms with E-state index in [0.717, 1.165) is 37.2 Å². The molecule has 2 aliphatic rings. The van der Waals surface area contributed by atoms with Gasteiger partial charge < -0.3 is 16.2 Å². The van der Waals surface area contributed by atoms with Crippen molar-refractivity contribution < 1.29 is 9.90 Å². The first-order valence-electron chi connectivity index (χ1n) is 6.95. The summed E-state index contributed by atoms with van der Waals surface area (Å²) in [5, 5.41) is 12.3. The number of hydrogen-bond donors (Lipinski definition) is 3. The van der Waals surface area contributed by atoms with Crippen molar-refractivity contribution in [2.45, 2.75) is 50.1 Å². The van der Waals surface area contributed by atoms with Gasteiger partial charge in [0.1, 0.15) is 5.54 Å². The number of carbonyl (C=O) groups excluding carboxylic acids is 1. The minimum absolute atomic E-state index is 0.163. The van der Waals surface area contributed by atoms with E-state index in [9.17, 15) is 4.79 Å². The number of aliphatic hydroxyl groups is 1. The minimum Gasteiger partial charge on any atom is -0.396 e. The molecule has 2 unspecified atom stereocenters. The summed E-state index contributed by atoms with van der Waals surface area (Å²) in [4.78, 5) is 11.9. The molecule has 0 radical (unpaired) electrons. The summed E-state index contributed by atoms with van der Waals surface area (Å²) < 4.78 is 0. The highest BCUT2D eigenvalue weighted by molar-refractivity contribution is 7.99. The summed E-state index contributed by atoms with van der Waals surface area (Å²) in [6.07, 6.45) is 6.48. The van der Waals surface area contributed by atoms with Crippen molar-refractivity contribution in [1.82, 2.24) is 5.32 Å². The molecular weight excluding hydrogens is 248 g/mol. The molecular formula is C13H24N2O2S. The van der Waals surface area contributed by atoms with Crippen LogP contribution in [0.2, 0.25) is 0 Å². The summed E-state index contributed by atoms with van der Waals surface area (Å²) in [6.45, 7) is 0.233. The highest BCUT2D eigenvalue weighted by Crippen LogP contribution is 2.40. The smallest absolute Gasteiger partial charge is 0.238 e. The molecule has 0 aromatic rings. The lowest BCUT2D eigenvalue weighted by atomic mass is 9.84. The van der Waals surface area contributed by atoms with Crippen molar-refractivity contribution >= 4 is 17.7 Å². The lowest BCUT2D eigenvalue weighted by molar-refractivity contribution is -0.126. The van der Waals surface area contributed by atoms with E-state index in [0.29, 0.717) is 12.0 Å². The van der Waals surface area contributed by atoms with Crippen LogP contribution in [0.5, 0.6) is 0 Å². The highest BCUT2D eigenvalue weighted by atomic mass is 32.2. The van der Waals surface area contributed by atoms with Gasteiger partial charge in [0, 0.05) is 11.8 Å². The number of carbonyl (C=O) groups is 1. The van der Waals surface area contributed by atoms with Crippen LogP contribution >= 0.6 is 11.8 Å². The van der Waals surface area contributed by atoms with Crippen LogP contribution in [0.15, 0.2) is 0 Å². The molecule has 0 aromatic carbocycles. The van der Waals surface area contributed by atoms with Crippen molar-refractivity contribution in [3.8, 4) is 0 Å². The maximum absolute atomic E-state index is 11.9. The normalized spacial score (nSPS) is 31.7. The Morgan fingerprint density at radius 3 is 2.78 bits per heavy atom. The van der Waals surface area contributed by atoms with Crippen LogP contribution in [0.4, 0.5) is 0 Å².